The Balaban J connectivity index is 2.23. The van der Waals surface area contributed by atoms with E-state index in [9.17, 15) is 92.3 Å². The van der Waals surface area contributed by atoms with E-state index in [1.807, 2.05) is 0 Å². The highest BCUT2D eigenvalue weighted by Gasteiger charge is 2.42. The second-order valence-electron chi connectivity index (χ2n) is 21.8. The van der Waals surface area contributed by atoms with Crippen molar-refractivity contribution in [3.05, 3.63) is 29.8 Å². The molecule has 0 spiro atoms. The molecule has 0 aliphatic carbocycles. The number of carbonyl (C=O) groups is 15. The molecule has 1 aromatic rings. The van der Waals surface area contributed by atoms with Crippen molar-refractivity contribution >= 4 is 100 Å². The molecule has 1 aliphatic rings. The molecule has 0 saturated carbocycles. The van der Waals surface area contributed by atoms with Crippen LogP contribution in [0.5, 0.6) is 5.75 Å². The van der Waals surface area contributed by atoms with Crippen LogP contribution in [0.3, 0.4) is 0 Å². The van der Waals surface area contributed by atoms with Crippen LogP contribution in [0.1, 0.15) is 111 Å². The largest absolute Gasteiger partial charge is 0.508 e. The van der Waals surface area contributed by atoms with Crippen LogP contribution in [0.15, 0.2) is 24.3 Å². The van der Waals surface area contributed by atoms with Gasteiger partial charge in [-0.25, -0.2) is 0 Å². The van der Waals surface area contributed by atoms with Gasteiger partial charge in [0, 0.05) is 32.7 Å². The number of carbonyl (C=O) groups excluding carboxylic acids is 13. The van der Waals surface area contributed by atoms with E-state index >= 15 is 0 Å². The van der Waals surface area contributed by atoms with Crippen LogP contribution >= 0.6 is 11.8 Å². The Morgan fingerprint density at radius 1 is 0.607 bits per heavy atom. The minimum atomic E-state index is -1.73. The molecule has 0 radical (unpaired) electrons. The maximum Gasteiger partial charge on any atom is 0.303 e. The first-order chi connectivity index (χ1) is 41.9. The van der Waals surface area contributed by atoms with Gasteiger partial charge in [0.05, 0.1) is 25.8 Å². The third-order valence-electron chi connectivity index (χ3n) is 14.0. The first-order valence-electron chi connectivity index (χ1n) is 28.9. The Labute approximate surface area is 518 Å². The number of ketones is 1. The number of aliphatic hydroxyl groups excluding tert-OH is 2. The third kappa shape index (κ3) is 26.4. The topological polar surface area (TPSA) is 507 Å². The number of phenolic OH excluding ortho intramolecular Hbond substituents is 1. The molecule has 1 aliphatic heterocycles. The molecule has 0 bridgehead atoms. The van der Waals surface area contributed by atoms with Crippen molar-refractivity contribution in [3.8, 4) is 5.75 Å². The van der Waals surface area contributed by atoms with Gasteiger partial charge in [-0.1, -0.05) is 59.6 Å². The Kier molecular flexibility index (Phi) is 33.4. The number of nitrogens with zero attached hydrogens (tertiary/aromatic N) is 1. The van der Waals surface area contributed by atoms with Crippen LogP contribution in [0.2, 0.25) is 0 Å². The van der Waals surface area contributed by atoms with Crippen LogP contribution in [0.25, 0.3) is 0 Å². The number of rotatable bonds is 40. The molecular formula is C56H86N12O20S. The van der Waals surface area contributed by atoms with Gasteiger partial charge in [-0.15, -0.1) is 0 Å². The van der Waals surface area contributed by atoms with Crippen molar-refractivity contribution in [3.63, 3.8) is 0 Å². The number of primary amides is 1. The summed E-state index contributed by atoms with van der Waals surface area (Å²) in [6, 6.07) is -9.09. The number of aliphatic hydroxyl groups is 2. The maximum atomic E-state index is 14.4. The van der Waals surface area contributed by atoms with E-state index in [2.05, 4.69) is 53.2 Å². The molecule has 0 aromatic heterocycles. The van der Waals surface area contributed by atoms with Crippen LogP contribution in [-0.2, 0) is 78.3 Å². The quantitative estimate of drug-likeness (QED) is 0.0275. The number of aliphatic carboxylic acids is 2. The van der Waals surface area contributed by atoms with E-state index < -0.39 is 200 Å². The Morgan fingerprint density at radius 2 is 1.10 bits per heavy atom. The highest BCUT2D eigenvalue weighted by atomic mass is 32.2. The molecule has 2 rings (SSSR count). The standard InChI is InChI=1S/C56H86N12O20S/c1-8-9-11-33(46(78)55(87)58-25-41(73)60-36(21-23-89-7)49(81)65-39(27-70)52(84)63-37(24-31-13-15-32(72)16-14-31)51(83)64-38(26-69)47(57)79)61-53(85)40-12-10-22-68(40)56(88)45(29(4)5)67-54(86)44(28(2)3)66-50(82)35(18-20-43(76)77)62-48(80)34(59-30(6)71)17-19-42(74)75/h13-16,28-29,33-40,44-45,69-70,72H,8-12,17-27H2,1-7H3,(H2,57,79)(H,58,87)(H,59,71)(H,60,73)(H,61,85)(H,62,80)(H,63,84)(H,64,83)(H,65,81)(H,66,82)(H,67,86)(H,74,75)(H,76,77)/t33-,34-,35-,36-,37-,38-,39-,40?,44-,45-/m0/s1. The zero-order chi connectivity index (χ0) is 67.2. The molecule has 33 heteroatoms. The summed E-state index contributed by atoms with van der Waals surface area (Å²) in [4.78, 5) is 198. The number of carboxylic acid groups (broad SMARTS) is 2. The summed E-state index contributed by atoms with van der Waals surface area (Å²) >= 11 is 1.28. The Bertz CT molecular complexity index is 2680. The summed E-state index contributed by atoms with van der Waals surface area (Å²) in [5, 5.41) is 71.9. The fraction of sp³-hybridized carbons (Fsp3) is 0.625. The van der Waals surface area contributed by atoms with Gasteiger partial charge in [0.2, 0.25) is 70.8 Å². The van der Waals surface area contributed by atoms with Gasteiger partial charge in [-0.05, 0) is 80.1 Å². The normalized spacial score (nSPS) is 15.8. The molecular weight excluding hydrogens is 1190 g/mol. The van der Waals surface area contributed by atoms with Crippen molar-refractivity contribution in [2.75, 3.05) is 38.3 Å². The average molecular weight is 1280 g/mol. The maximum absolute atomic E-state index is 14.4. The number of aromatic hydroxyl groups is 1. The number of benzene rings is 1. The molecule has 89 heavy (non-hydrogen) atoms. The second-order valence-corrected chi connectivity index (χ2v) is 22.8. The number of hydrogen-bond donors (Lipinski definition) is 16. The summed E-state index contributed by atoms with van der Waals surface area (Å²) in [6.45, 7) is 6.43. The van der Waals surface area contributed by atoms with Gasteiger partial charge in [0.25, 0.3) is 5.91 Å². The number of nitrogens with one attached hydrogen (secondary N) is 10. The minimum absolute atomic E-state index is 0.0255. The van der Waals surface area contributed by atoms with E-state index in [0.717, 1.165) is 6.92 Å². The predicted molar refractivity (Wildman–Crippen MR) is 317 cm³/mol. The molecule has 496 valence electrons. The second kappa shape index (κ2) is 38.7. The van der Waals surface area contributed by atoms with E-state index in [1.165, 1.54) is 40.9 Å². The Hall–Kier alpha value is -8.46. The lowest BCUT2D eigenvalue weighted by atomic mass is 9.98. The van der Waals surface area contributed by atoms with Crippen molar-refractivity contribution in [1.29, 1.82) is 0 Å². The van der Waals surface area contributed by atoms with Gasteiger partial charge in [0.15, 0.2) is 0 Å². The molecule has 1 aromatic carbocycles. The lowest BCUT2D eigenvalue weighted by molar-refractivity contribution is -0.144. The fourth-order valence-electron chi connectivity index (χ4n) is 9.01. The summed E-state index contributed by atoms with van der Waals surface area (Å²) in [5.41, 5.74) is 5.66. The van der Waals surface area contributed by atoms with Crippen molar-refractivity contribution in [1.82, 2.24) is 58.1 Å². The van der Waals surface area contributed by atoms with Gasteiger partial charge in [-0.2, -0.15) is 11.8 Å². The highest BCUT2D eigenvalue weighted by molar-refractivity contribution is 7.98. The molecule has 10 atom stereocenters. The van der Waals surface area contributed by atoms with Crippen molar-refractivity contribution in [2.24, 2.45) is 17.6 Å². The van der Waals surface area contributed by atoms with Crippen molar-refractivity contribution in [2.45, 2.75) is 173 Å². The molecule has 12 amide bonds. The Morgan fingerprint density at radius 3 is 1.62 bits per heavy atom. The van der Waals surface area contributed by atoms with E-state index in [0.29, 0.717) is 24.8 Å². The number of amides is 12. The highest BCUT2D eigenvalue weighted by Crippen LogP contribution is 2.22. The number of likely N-dealkylation sites (tertiary alicyclic amines) is 1. The molecule has 1 fully saturated rings. The monoisotopic (exact) mass is 1280 g/mol. The smallest absolute Gasteiger partial charge is 0.303 e. The van der Waals surface area contributed by atoms with E-state index in [-0.39, 0.29) is 50.2 Å². The number of thioether (sulfide) groups is 1. The first-order valence-corrected chi connectivity index (χ1v) is 30.3. The van der Waals surface area contributed by atoms with Gasteiger partial charge in [0.1, 0.15) is 60.1 Å². The molecule has 17 N–H and O–H groups in total. The fourth-order valence-corrected chi connectivity index (χ4v) is 9.49. The summed E-state index contributed by atoms with van der Waals surface area (Å²) in [7, 11) is 0. The predicted octanol–water partition coefficient (Wildman–Crippen LogP) is -4.55. The van der Waals surface area contributed by atoms with Crippen LogP contribution < -0.4 is 58.9 Å². The third-order valence-corrected chi connectivity index (χ3v) is 14.6. The van der Waals surface area contributed by atoms with Gasteiger partial charge in [-0.3, -0.25) is 71.9 Å². The summed E-state index contributed by atoms with van der Waals surface area (Å²) in [5.74, 6) is -16.5. The molecule has 1 saturated heterocycles. The number of Topliss-reactive ketones (excluding diaryl/α,β-unsaturated/α-hetero) is 1. The summed E-state index contributed by atoms with van der Waals surface area (Å²) < 4.78 is 0. The van der Waals surface area contributed by atoms with Gasteiger partial charge >= 0.3 is 11.9 Å². The van der Waals surface area contributed by atoms with Crippen LogP contribution in [0, 0.1) is 11.8 Å². The first kappa shape index (κ1) is 76.6. The zero-order valence-corrected chi connectivity index (χ0v) is 51.7. The zero-order valence-electron chi connectivity index (χ0n) is 50.8. The van der Waals surface area contributed by atoms with Crippen LogP contribution in [0.4, 0.5) is 0 Å². The SMILES string of the molecule is CCCC[C@H](NC(=O)C1CCCN1C(=O)[C@@H](NC(=O)[C@@H](NC(=O)[C@H](CCC(=O)O)NC(=O)[C@H](CCC(=O)O)NC(C)=O)C(C)C)C(C)C)C(=O)C(=O)NCC(=O)N[C@@H](CCSC)C(=O)N[C@@H](CO)C(=O)N[C@@H](Cc1ccc(O)cc1)C(=O)N[C@@H](CO)C(N)=O. The van der Waals surface area contributed by atoms with Gasteiger partial charge < -0.3 is 89.3 Å². The number of unbranched alkanes of at least 4 members (excludes halogenated alkanes) is 1. The number of phenols is 1. The number of carboxylic acids is 2. The average Bonchev–Trinajstić information content (AvgIpc) is 2.40. The molecule has 1 heterocycles. The lowest BCUT2D eigenvalue weighted by Gasteiger charge is -2.33. The van der Waals surface area contributed by atoms with E-state index in [1.54, 1.807) is 40.9 Å². The summed E-state index contributed by atoms with van der Waals surface area (Å²) in [6.07, 6.45) is 0.555. The molecule has 1 unspecified atom stereocenters. The van der Waals surface area contributed by atoms with Crippen LogP contribution in [-0.4, -0.2) is 218 Å². The number of hydrogen-bond acceptors (Lipinski definition) is 19. The number of nitrogens with two attached hydrogens (primary N) is 1. The van der Waals surface area contributed by atoms with Crippen molar-refractivity contribution < 1.29 is 97.5 Å². The van der Waals surface area contributed by atoms with E-state index in [4.69, 9.17) is 10.8 Å². The lowest BCUT2D eigenvalue weighted by Crippen LogP contribution is -2.61. The minimum Gasteiger partial charge on any atom is -0.508 e. The molecule has 32 nitrogen and oxygen atoms in total.